The van der Waals surface area contributed by atoms with E-state index < -0.39 is 0 Å². The van der Waals surface area contributed by atoms with E-state index in [4.69, 9.17) is 0 Å². The standard InChI is InChI=1S/C18H37N3/c1-3-6-17-7-9-18(10-8-17)19-11-4-13-21-14-5-12-20(2)15-16-21/h17-19H,3-16H2,1-2H3. The Balaban J connectivity index is 1.50. The molecule has 2 fully saturated rings. The SMILES string of the molecule is CCCC1CCC(NCCCN2CCCN(C)CC2)CC1. The lowest BCUT2D eigenvalue weighted by atomic mass is 9.83. The molecule has 124 valence electrons. The lowest BCUT2D eigenvalue weighted by Crippen LogP contribution is -2.36. The molecule has 1 aliphatic heterocycles. The minimum atomic E-state index is 0.813. The monoisotopic (exact) mass is 295 g/mol. The fourth-order valence-corrected chi connectivity index (χ4v) is 4.00. The molecule has 2 aliphatic rings. The highest BCUT2D eigenvalue weighted by molar-refractivity contribution is 4.77. The van der Waals surface area contributed by atoms with E-state index in [1.807, 2.05) is 0 Å². The minimum Gasteiger partial charge on any atom is -0.314 e. The van der Waals surface area contributed by atoms with Crippen molar-refractivity contribution in [3.8, 4) is 0 Å². The molecule has 0 spiro atoms. The molecular weight excluding hydrogens is 258 g/mol. The van der Waals surface area contributed by atoms with Gasteiger partial charge in [0.2, 0.25) is 0 Å². The van der Waals surface area contributed by atoms with Crippen LogP contribution in [0.25, 0.3) is 0 Å². The summed E-state index contributed by atoms with van der Waals surface area (Å²) in [7, 11) is 2.25. The lowest BCUT2D eigenvalue weighted by Gasteiger charge is -2.29. The predicted molar refractivity (Wildman–Crippen MR) is 91.8 cm³/mol. The highest BCUT2D eigenvalue weighted by atomic mass is 15.2. The van der Waals surface area contributed by atoms with Gasteiger partial charge in [0.25, 0.3) is 0 Å². The normalized spacial score (nSPS) is 29.4. The number of likely N-dealkylation sites (N-methyl/N-ethyl adjacent to an activating group) is 1. The number of hydrogen-bond acceptors (Lipinski definition) is 3. The molecule has 1 saturated heterocycles. The molecule has 3 heteroatoms. The third-order valence-electron chi connectivity index (χ3n) is 5.44. The van der Waals surface area contributed by atoms with Gasteiger partial charge >= 0.3 is 0 Å². The Morgan fingerprint density at radius 2 is 1.81 bits per heavy atom. The molecule has 2 rings (SSSR count). The third kappa shape index (κ3) is 6.66. The summed E-state index contributed by atoms with van der Waals surface area (Å²) in [5, 5.41) is 3.81. The molecule has 0 aromatic heterocycles. The molecule has 0 aromatic rings. The first-order valence-corrected chi connectivity index (χ1v) is 9.42. The highest BCUT2D eigenvalue weighted by Gasteiger charge is 2.19. The maximum absolute atomic E-state index is 3.81. The molecule has 3 nitrogen and oxygen atoms in total. The number of nitrogens with zero attached hydrogens (tertiary/aromatic N) is 2. The molecule has 0 radical (unpaired) electrons. The van der Waals surface area contributed by atoms with Crippen molar-refractivity contribution >= 4 is 0 Å². The van der Waals surface area contributed by atoms with Crippen LogP contribution in [0.15, 0.2) is 0 Å². The molecule has 0 unspecified atom stereocenters. The average Bonchev–Trinajstić information content (AvgIpc) is 2.70. The average molecular weight is 296 g/mol. The zero-order valence-electron chi connectivity index (χ0n) is 14.4. The predicted octanol–water partition coefficient (Wildman–Crippen LogP) is 2.96. The van der Waals surface area contributed by atoms with Crippen molar-refractivity contribution < 1.29 is 0 Å². The highest BCUT2D eigenvalue weighted by Crippen LogP contribution is 2.27. The first-order chi connectivity index (χ1) is 10.3. The molecule has 0 amide bonds. The van der Waals surface area contributed by atoms with Gasteiger partial charge in [0.1, 0.15) is 0 Å². The van der Waals surface area contributed by atoms with Crippen molar-refractivity contribution in [3.05, 3.63) is 0 Å². The molecule has 0 aromatic carbocycles. The van der Waals surface area contributed by atoms with E-state index in [9.17, 15) is 0 Å². The van der Waals surface area contributed by atoms with E-state index in [1.54, 1.807) is 0 Å². The van der Waals surface area contributed by atoms with Gasteiger partial charge in [-0.05, 0) is 77.7 Å². The Morgan fingerprint density at radius 1 is 1.00 bits per heavy atom. The van der Waals surface area contributed by atoms with Crippen molar-refractivity contribution in [2.45, 2.75) is 64.3 Å². The van der Waals surface area contributed by atoms with Crippen LogP contribution in [-0.4, -0.2) is 62.2 Å². The van der Waals surface area contributed by atoms with Crippen molar-refractivity contribution in [1.29, 1.82) is 0 Å². The van der Waals surface area contributed by atoms with Gasteiger partial charge in [-0.2, -0.15) is 0 Å². The molecule has 0 atom stereocenters. The summed E-state index contributed by atoms with van der Waals surface area (Å²) in [6.07, 6.45) is 11.2. The number of rotatable bonds is 7. The topological polar surface area (TPSA) is 18.5 Å². The third-order valence-corrected chi connectivity index (χ3v) is 5.44. The van der Waals surface area contributed by atoms with Gasteiger partial charge in [-0.1, -0.05) is 19.8 Å². The maximum atomic E-state index is 3.81. The summed E-state index contributed by atoms with van der Waals surface area (Å²) in [6, 6.07) is 0.813. The van der Waals surface area contributed by atoms with Crippen LogP contribution < -0.4 is 5.32 Å². The summed E-state index contributed by atoms with van der Waals surface area (Å²) in [4.78, 5) is 5.12. The molecule has 1 heterocycles. The van der Waals surface area contributed by atoms with E-state index in [1.165, 1.54) is 90.6 Å². The summed E-state index contributed by atoms with van der Waals surface area (Å²) < 4.78 is 0. The largest absolute Gasteiger partial charge is 0.314 e. The van der Waals surface area contributed by atoms with Crippen LogP contribution in [0.3, 0.4) is 0 Å². The second kappa shape index (κ2) is 9.81. The van der Waals surface area contributed by atoms with Crippen LogP contribution in [0.4, 0.5) is 0 Å². The summed E-state index contributed by atoms with van der Waals surface area (Å²) >= 11 is 0. The van der Waals surface area contributed by atoms with E-state index in [2.05, 4.69) is 29.1 Å². The van der Waals surface area contributed by atoms with Gasteiger partial charge in [-0.3, -0.25) is 0 Å². The van der Waals surface area contributed by atoms with E-state index in [0.29, 0.717) is 0 Å². The Bertz CT molecular complexity index is 261. The van der Waals surface area contributed by atoms with Crippen molar-refractivity contribution in [1.82, 2.24) is 15.1 Å². The Hall–Kier alpha value is -0.120. The number of nitrogens with one attached hydrogen (secondary N) is 1. The molecule has 1 N–H and O–H groups in total. The molecule has 1 saturated carbocycles. The quantitative estimate of drug-likeness (QED) is 0.729. The number of hydrogen-bond donors (Lipinski definition) is 1. The summed E-state index contributed by atoms with van der Waals surface area (Å²) in [5.74, 6) is 1.03. The minimum absolute atomic E-state index is 0.813. The Labute approximate surface area is 132 Å². The van der Waals surface area contributed by atoms with E-state index in [-0.39, 0.29) is 0 Å². The zero-order valence-corrected chi connectivity index (χ0v) is 14.4. The molecule has 1 aliphatic carbocycles. The smallest absolute Gasteiger partial charge is 0.0109 e. The molecule has 21 heavy (non-hydrogen) atoms. The summed E-state index contributed by atoms with van der Waals surface area (Å²) in [5.41, 5.74) is 0. The Morgan fingerprint density at radius 3 is 2.57 bits per heavy atom. The van der Waals surface area contributed by atoms with Crippen LogP contribution in [0, 0.1) is 5.92 Å². The maximum Gasteiger partial charge on any atom is 0.0109 e. The van der Waals surface area contributed by atoms with Crippen LogP contribution in [0.2, 0.25) is 0 Å². The fourth-order valence-electron chi connectivity index (χ4n) is 4.00. The molecule has 0 bridgehead atoms. The zero-order chi connectivity index (χ0) is 14.9. The van der Waals surface area contributed by atoms with Crippen LogP contribution in [0.5, 0.6) is 0 Å². The Kier molecular flexibility index (Phi) is 8.05. The van der Waals surface area contributed by atoms with Crippen LogP contribution in [0.1, 0.15) is 58.3 Å². The van der Waals surface area contributed by atoms with Crippen molar-refractivity contribution in [2.75, 3.05) is 46.3 Å². The first-order valence-electron chi connectivity index (χ1n) is 9.42. The van der Waals surface area contributed by atoms with Gasteiger partial charge in [-0.25, -0.2) is 0 Å². The van der Waals surface area contributed by atoms with Gasteiger partial charge in [0.15, 0.2) is 0 Å². The fraction of sp³-hybridized carbons (Fsp3) is 1.00. The molecular formula is C18H37N3. The first kappa shape index (κ1) is 17.2. The second-order valence-electron chi connectivity index (χ2n) is 7.31. The van der Waals surface area contributed by atoms with Crippen molar-refractivity contribution in [3.63, 3.8) is 0 Å². The lowest BCUT2D eigenvalue weighted by molar-refractivity contribution is 0.257. The van der Waals surface area contributed by atoms with Gasteiger partial charge < -0.3 is 15.1 Å². The van der Waals surface area contributed by atoms with E-state index >= 15 is 0 Å². The van der Waals surface area contributed by atoms with Gasteiger partial charge in [0, 0.05) is 19.1 Å². The summed E-state index contributed by atoms with van der Waals surface area (Å²) in [6.45, 7) is 9.90. The van der Waals surface area contributed by atoms with Gasteiger partial charge in [0.05, 0.1) is 0 Å². The van der Waals surface area contributed by atoms with Crippen LogP contribution >= 0.6 is 0 Å². The van der Waals surface area contributed by atoms with Gasteiger partial charge in [-0.15, -0.1) is 0 Å². The second-order valence-corrected chi connectivity index (χ2v) is 7.31. The van der Waals surface area contributed by atoms with Crippen LogP contribution in [-0.2, 0) is 0 Å². The van der Waals surface area contributed by atoms with E-state index in [0.717, 1.165) is 12.0 Å². The van der Waals surface area contributed by atoms with Crippen molar-refractivity contribution in [2.24, 2.45) is 5.92 Å².